The molecule has 0 aliphatic rings. The number of halogens is 3. The zero-order chi connectivity index (χ0) is 15.0. The number of benzene rings is 1. The van der Waals surface area contributed by atoms with Crippen molar-refractivity contribution in [1.82, 2.24) is 0 Å². The molecule has 0 aromatic heterocycles. The molecule has 1 aromatic rings. The van der Waals surface area contributed by atoms with Gasteiger partial charge in [-0.05, 0) is 12.1 Å². The van der Waals surface area contributed by atoms with Gasteiger partial charge in [-0.3, -0.25) is 4.79 Å². The first-order chi connectivity index (χ1) is 9.46. The van der Waals surface area contributed by atoms with E-state index in [9.17, 15) is 18.0 Å². The first-order valence-electron chi connectivity index (χ1n) is 5.87. The minimum atomic E-state index is -4.32. The Balaban J connectivity index is 2.36. The van der Waals surface area contributed by atoms with E-state index in [4.69, 9.17) is 9.47 Å². The number of methoxy groups -OCH3 is 1. The molecule has 0 amide bonds. The van der Waals surface area contributed by atoms with Crippen LogP contribution in [0.3, 0.4) is 0 Å². The van der Waals surface area contributed by atoms with Crippen LogP contribution in [0.2, 0.25) is 0 Å². The third-order valence-electron chi connectivity index (χ3n) is 2.30. The van der Waals surface area contributed by atoms with Crippen molar-refractivity contribution in [2.24, 2.45) is 0 Å². The lowest BCUT2D eigenvalue weighted by Gasteiger charge is -2.11. The number of alkyl halides is 3. The second-order valence-corrected chi connectivity index (χ2v) is 3.89. The van der Waals surface area contributed by atoms with Crippen LogP contribution in [0, 0.1) is 0 Å². The molecule has 0 spiro atoms. The fourth-order valence-electron chi connectivity index (χ4n) is 1.40. The summed E-state index contributed by atoms with van der Waals surface area (Å²) in [5.74, 6) is 0.856. The molecule has 0 N–H and O–H groups in total. The number of carbonyl (C=O) groups is 1. The van der Waals surface area contributed by atoms with Crippen molar-refractivity contribution in [3.8, 4) is 11.5 Å². The molecular weight excluding hydrogens is 277 g/mol. The van der Waals surface area contributed by atoms with Crippen LogP contribution in [0.5, 0.6) is 11.5 Å². The highest BCUT2D eigenvalue weighted by molar-refractivity contribution is 5.79. The number of rotatable bonds is 8. The summed E-state index contributed by atoms with van der Waals surface area (Å²) in [7, 11) is 1.48. The molecule has 1 aromatic carbocycles. The summed E-state index contributed by atoms with van der Waals surface area (Å²) >= 11 is 0. The summed E-state index contributed by atoms with van der Waals surface area (Å²) in [6, 6.07) is 4.70. The van der Waals surface area contributed by atoms with E-state index in [0.29, 0.717) is 23.3 Å². The molecule has 0 atom stereocenters. The van der Waals surface area contributed by atoms with Gasteiger partial charge in [0.05, 0.1) is 25.9 Å². The topological polar surface area (TPSA) is 44.8 Å². The molecule has 0 heterocycles. The Morgan fingerprint density at radius 2 is 2.00 bits per heavy atom. The zero-order valence-corrected chi connectivity index (χ0v) is 10.9. The fraction of sp³-hybridized carbons (Fsp3) is 0.462. The fourth-order valence-corrected chi connectivity index (χ4v) is 1.40. The molecule has 0 aliphatic carbocycles. The van der Waals surface area contributed by atoms with Gasteiger partial charge in [0.2, 0.25) is 0 Å². The summed E-state index contributed by atoms with van der Waals surface area (Å²) in [6.07, 6.45) is -3.40. The molecule has 0 unspecified atom stereocenters. The second-order valence-electron chi connectivity index (χ2n) is 3.89. The van der Waals surface area contributed by atoms with Crippen molar-refractivity contribution in [2.75, 3.05) is 26.9 Å². The maximum absolute atomic E-state index is 11.8. The van der Waals surface area contributed by atoms with Crippen molar-refractivity contribution in [3.63, 3.8) is 0 Å². The Hall–Kier alpha value is -1.76. The molecule has 4 nitrogen and oxygen atoms in total. The van der Waals surface area contributed by atoms with Crippen LogP contribution in [-0.2, 0) is 4.74 Å². The lowest BCUT2D eigenvalue weighted by Crippen LogP contribution is -2.18. The van der Waals surface area contributed by atoms with Crippen LogP contribution < -0.4 is 9.47 Å². The largest absolute Gasteiger partial charge is 0.497 e. The third kappa shape index (κ3) is 5.92. The second kappa shape index (κ2) is 7.74. The predicted octanol–water partition coefficient (Wildman–Crippen LogP) is 2.86. The van der Waals surface area contributed by atoms with Gasteiger partial charge in [0.15, 0.2) is 6.29 Å². The average Bonchev–Trinajstić information content (AvgIpc) is 2.41. The minimum Gasteiger partial charge on any atom is -0.497 e. The van der Waals surface area contributed by atoms with E-state index in [1.807, 2.05) is 0 Å². The molecule has 0 saturated carbocycles. The zero-order valence-electron chi connectivity index (χ0n) is 10.9. The number of aldehydes is 1. The monoisotopic (exact) mass is 292 g/mol. The first-order valence-corrected chi connectivity index (χ1v) is 5.87. The minimum absolute atomic E-state index is 0.0695. The Labute approximate surface area is 114 Å². The summed E-state index contributed by atoms with van der Waals surface area (Å²) in [5, 5.41) is 0. The Morgan fingerprint density at radius 3 is 2.60 bits per heavy atom. The summed E-state index contributed by atoms with van der Waals surface area (Å²) in [6.45, 7) is -1.20. The lowest BCUT2D eigenvalue weighted by molar-refractivity contribution is -0.174. The van der Waals surface area contributed by atoms with Gasteiger partial charge in [-0.1, -0.05) is 0 Å². The first kappa shape index (κ1) is 16.3. The van der Waals surface area contributed by atoms with Crippen LogP contribution in [0.1, 0.15) is 16.8 Å². The SMILES string of the molecule is COc1ccc(C=O)c(OCCCOCC(F)(F)F)c1. The van der Waals surface area contributed by atoms with Crippen molar-refractivity contribution in [1.29, 1.82) is 0 Å². The summed E-state index contributed by atoms with van der Waals surface area (Å²) in [4.78, 5) is 10.8. The Morgan fingerprint density at radius 1 is 1.25 bits per heavy atom. The van der Waals surface area contributed by atoms with Crippen molar-refractivity contribution < 1.29 is 32.2 Å². The molecule has 0 radical (unpaired) electrons. The normalized spacial score (nSPS) is 11.2. The number of hydrogen-bond donors (Lipinski definition) is 0. The molecule has 20 heavy (non-hydrogen) atoms. The third-order valence-corrected chi connectivity index (χ3v) is 2.30. The summed E-state index contributed by atoms with van der Waals surface area (Å²) < 4.78 is 50.2. The molecule has 0 saturated heterocycles. The van der Waals surface area contributed by atoms with Gasteiger partial charge in [0.1, 0.15) is 18.1 Å². The average molecular weight is 292 g/mol. The van der Waals surface area contributed by atoms with Crippen LogP contribution >= 0.6 is 0 Å². The summed E-state index contributed by atoms with van der Waals surface area (Å²) in [5.41, 5.74) is 0.349. The van der Waals surface area contributed by atoms with Gasteiger partial charge in [-0.15, -0.1) is 0 Å². The highest BCUT2D eigenvalue weighted by Crippen LogP contribution is 2.23. The lowest BCUT2D eigenvalue weighted by atomic mass is 10.2. The van der Waals surface area contributed by atoms with Crippen LogP contribution in [0.4, 0.5) is 13.2 Å². The van der Waals surface area contributed by atoms with E-state index in [2.05, 4.69) is 4.74 Å². The van der Waals surface area contributed by atoms with Gasteiger partial charge < -0.3 is 14.2 Å². The Kier molecular flexibility index (Phi) is 6.30. The van der Waals surface area contributed by atoms with Crippen LogP contribution in [-0.4, -0.2) is 39.4 Å². The van der Waals surface area contributed by atoms with Crippen molar-refractivity contribution >= 4 is 6.29 Å². The van der Waals surface area contributed by atoms with Gasteiger partial charge in [-0.2, -0.15) is 13.2 Å². The van der Waals surface area contributed by atoms with Gasteiger partial charge in [0.25, 0.3) is 0 Å². The van der Waals surface area contributed by atoms with E-state index in [1.54, 1.807) is 18.2 Å². The standard InChI is InChI=1S/C13H15F3O4/c1-18-11-4-3-10(8-17)12(7-11)20-6-2-5-19-9-13(14,15)16/h3-4,7-8H,2,5-6,9H2,1H3. The van der Waals surface area contributed by atoms with Crippen LogP contribution in [0.25, 0.3) is 0 Å². The highest BCUT2D eigenvalue weighted by atomic mass is 19.4. The molecular formula is C13H15F3O4. The van der Waals surface area contributed by atoms with Crippen LogP contribution in [0.15, 0.2) is 18.2 Å². The van der Waals surface area contributed by atoms with Crippen molar-refractivity contribution in [3.05, 3.63) is 23.8 Å². The van der Waals surface area contributed by atoms with Gasteiger partial charge in [0, 0.05) is 12.5 Å². The predicted molar refractivity (Wildman–Crippen MR) is 65.4 cm³/mol. The van der Waals surface area contributed by atoms with E-state index >= 15 is 0 Å². The number of ether oxygens (including phenoxy) is 3. The maximum Gasteiger partial charge on any atom is 0.411 e. The number of carbonyl (C=O) groups excluding carboxylic acids is 1. The highest BCUT2D eigenvalue weighted by Gasteiger charge is 2.27. The molecule has 0 bridgehead atoms. The quantitative estimate of drug-likeness (QED) is 0.546. The van der Waals surface area contributed by atoms with E-state index in [0.717, 1.165) is 0 Å². The van der Waals surface area contributed by atoms with E-state index < -0.39 is 12.8 Å². The van der Waals surface area contributed by atoms with Crippen molar-refractivity contribution in [2.45, 2.75) is 12.6 Å². The molecule has 1 rings (SSSR count). The van der Waals surface area contributed by atoms with Gasteiger partial charge >= 0.3 is 6.18 Å². The maximum atomic E-state index is 11.8. The molecule has 112 valence electrons. The number of hydrogen-bond acceptors (Lipinski definition) is 4. The van der Waals surface area contributed by atoms with E-state index in [-0.39, 0.29) is 19.6 Å². The molecule has 0 aliphatic heterocycles. The molecule has 7 heteroatoms. The smallest absolute Gasteiger partial charge is 0.411 e. The van der Waals surface area contributed by atoms with Gasteiger partial charge in [-0.25, -0.2) is 0 Å². The van der Waals surface area contributed by atoms with E-state index in [1.165, 1.54) is 7.11 Å². The Bertz CT molecular complexity index is 432. The molecule has 0 fully saturated rings.